The Balaban J connectivity index is 1.95. The summed E-state index contributed by atoms with van der Waals surface area (Å²) in [5.41, 5.74) is -0.374. The lowest BCUT2D eigenvalue weighted by Crippen LogP contribution is -2.35. The number of aromatic amines is 1. The highest BCUT2D eigenvalue weighted by atomic mass is 35.5. The van der Waals surface area contributed by atoms with Crippen molar-refractivity contribution in [3.05, 3.63) is 62.8 Å². The number of nitrogens with one attached hydrogen (secondary N) is 1. The molecule has 0 fully saturated rings. The molecule has 0 radical (unpaired) electrons. The lowest BCUT2D eigenvalue weighted by atomic mass is 10.2. The Hall–Kier alpha value is -2.34. The summed E-state index contributed by atoms with van der Waals surface area (Å²) in [5, 5.41) is 0.785. The molecule has 6 nitrogen and oxygen atoms in total. The Kier molecular flexibility index (Phi) is 3.85. The molecule has 0 aliphatic carbocycles. The molecule has 3 aromatic rings. The Morgan fingerprint density at radius 1 is 1.36 bits per heavy atom. The molecule has 3 rings (SSSR count). The average Bonchev–Trinajstić information content (AvgIpc) is 3.02. The summed E-state index contributed by atoms with van der Waals surface area (Å²) in [6, 6.07) is 5.15. The molecule has 1 unspecified atom stereocenters. The quantitative estimate of drug-likeness (QED) is 0.801. The molecule has 7 heteroatoms. The highest BCUT2D eigenvalue weighted by molar-refractivity contribution is 6.34. The number of benzene rings is 1. The predicted molar refractivity (Wildman–Crippen MR) is 85.4 cm³/mol. The maximum Gasteiger partial charge on any atom is 0.328 e. The van der Waals surface area contributed by atoms with E-state index in [1.165, 1.54) is 4.57 Å². The third kappa shape index (κ3) is 2.57. The van der Waals surface area contributed by atoms with Crippen molar-refractivity contribution in [1.82, 2.24) is 19.1 Å². The van der Waals surface area contributed by atoms with Crippen LogP contribution in [0.5, 0.6) is 0 Å². The van der Waals surface area contributed by atoms with Crippen LogP contribution < -0.4 is 11.2 Å². The van der Waals surface area contributed by atoms with E-state index in [2.05, 4.69) is 9.97 Å². The fourth-order valence-electron chi connectivity index (χ4n) is 2.44. The summed E-state index contributed by atoms with van der Waals surface area (Å²) < 4.78 is 3.16. The number of para-hydroxylation sites is 1. The molecule has 0 aliphatic rings. The van der Waals surface area contributed by atoms with Gasteiger partial charge in [-0.2, -0.15) is 0 Å². The molecule has 114 valence electrons. The normalized spacial score (nSPS) is 12.6. The standard InChI is InChI=1S/C15H15ClN4O2/c1-10(19-8-6-17-9-19)5-7-20-14(21)11-3-2-4-12(16)13(11)18-15(20)22/h2-4,6,8-10H,5,7H2,1H3,(H,18,22). The van der Waals surface area contributed by atoms with Crippen LogP contribution in [0.3, 0.4) is 0 Å². The fraction of sp³-hybridized carbons (Fsp3) is 0.267. The molecule has 2 aromatic heterocycles. The smallest absolute Gasteiger partial charge is 0.328 e. The van der Waals surface area contributed by atoms with Gasteiger partial charge in [0, 0.05) is 25.0 Å². The van der Waals surface area contributed by atoms with Gasteiger partial charge in [0.2, 0.25) is 0 Å². The highest BCUT2D eigenvalue weighted by Crippen LogP contribution is 2.17. The van der Waals surface area contributed by atoms with Crippen LogP contribution in [0.4, 0.5) is 0 Å². The molecule has 0 amide bonds. The van der Waals surface area contributed by atoms with Crippen LogP contribution in [0.1, 0.15) is 19.4 Å². The first-order valence-corrected chi connectivity index (χ1v) is 7.34. The summed E-state index contributed by atoms with van der Waals surface area (Å²) in [4.78, 5) is 31.3. The van der Waals surface area contributed by atoms with E-state index in [0.29, 0.717) is 28.9 Å². The number of hydrogen-bond donors (Lipinski definition) is 1. The predicted octanol–water partition coefficient (Wildman–Crippen LogP) is 2.19. The van der Waals surface area contributed by atoms with Crippen LogP contribution in [0.15, 0.2) is 46.5 Å². The zero-order chi connectivity index (χ0) is 15.7. The monoisotopic (exact) mass is 318 g/mol. The van der Waals surface area contributed by atoms with Crippen molar-refractivity contribution in [1.29, 1.82) is 0 Å². The minimum atomic E-state index is -0.441. The molecule has 22 heavy (non-hydrogen) atoms. The second kappa shape index (κ2) is 5.81. The van der Waals surface area contributed by atoms with Crippen LogP contribution in [0.2, 0.25) is 5.02 Å². The van der Waals surface area contributed by atoms with Gasteiger partial charge >= 0.3 is 5.69 Å². The Bertz CT molecular complexity index is 911. The van der Waals surface area contributed by atoms with Gasteiger partial charge in [-0.25, -0.2) is 9.78 Å². The number of hydrogen-bond acceptors (Lipinski definition) is 3. The second-order valence-corrected chi connectivity index (χ2v) is 5.60. The number of fused-ring (bicyclic) bond motifs is 1. The van der Waals surface area contributed by atoms with Crippen molar-refractivity contribution in [2.75, 3.05) is 0 Å². The fourth-order valence-corrected chi connectivity index (χ4v) is 2.66. The molecular weight excluding hydrogens is 304 g/mol. The van der Waals surface area contributed by atoms with Gasteiger partial charge in [0.1, 0.15) is 0 Å². The summed E-state index contributed by atoms with van der Waals surface area (Å²) >= 11 is 6.02. The number of imidazole rings is 1. The van der Waals surface area contributed by atoms with Crippen molar-refractivity contribution in [2.24, 2.45) is 0 Å². The average molecular weight is 319 g/mol. The van der Waals surface area contributed by atoms with Crippen LogP contribution in [-0.2, 0) is 6.54 Å². The molecular formula is C15H15ClN4O2. The first-order chi connectivity index (χ1) is 10.6. The zero-order valence-electron chi connectivity index (χ0n) is 12.0. The zero-order valence-corrected chi connectivity index (χ0v) is 12.7. The van der Waals surface area contributed by atoms with E-state index in [1.54, 1.807) is 30.7 Å². The number of halogens is 1. The summed E-state index contributed by atoms with van der Waals surface area (Å²) in [5.74, 6) is 0. The van der Waals surface area contributed by atoms with Gasteiger partial charge in [0.05, 0.1) is 22.3 Å². The SMILES string of the molecule is CC(CCn1c(=O)[nH]c2c(Cl)cccc2c1=O)n1ccnc1. The van der Waals surface area contributed by atoms with E-state index >= 15 is 0 Å². The maximum absolute atomic E-state index is 12.5. The molecule has 2 heterocycles. The minimum absolute atomic E-state index is 0.142. The summed E-state index contributed by atoms with van der Waals surface area (Å²) in [7, 11) is 0. The van der Waals surface area contributed by atoms with Gasteiger partial charge in [-0.15, -0.1) is 0 Å². The number of aromatic nitrogens is 4. The van der Waals surface area contributed by atoms with Gasteiger partial charge in [-0.05, 0) is 25.5 Å². The first kappa shape index (κ1) is 14.6. The van der Waals surface area contributed by atoms with E-state index in [4.69, 9.17) is 11.6 Å². The molecule has 1 aromatic carbocycles. The lowest BCUT2D eigenvalue weighted by Gasteiger charge is -2.13. The second-order valence-electron chi connectivity index (χ2n) is 5.20. The van der Waals surface area contributed by atoms with Crippen molar-refractivity contribution in [2.45, 2.75) is 25.9 Å². The van der Waals surface area contributed by atoms with Gasteiger partial charge in [-0.1, -0.05) is 17.7 Å². The van der Waals surface area contributed by atoms with Crippen LogP contribution in [0, 0.1) is 0 Å². The summed E-state index contributed by atoms with van der Waals surface area (Å²) in [6.45, 7) is 2.34. The molecule has 1 N–H and O–H groups in total. The van der Waals surface area contributed by atoms with Gasteiger partial charge < -0.3 is 9.55 Å². The van der Waals surface area contributed by atoms with E-state index in [0.717, 1.165) is 0 Å². The van der Waals surface area contributed by atoms with Crippen molar-refractivity contribution < 1.29 is 0 Å². The molecule has 0 aliphatic heterocycles. The van der Waals surface area contributed by atoms with Crippen molar-refractivity contribution in [3.63, 3.8) is 0 Å². The van der Waals surface area contributed by atoms with Crippen LogP contribution >= 0.6 is 11.6 Å². The van der Waals surface area contributed by atoms with Gasteiger partial charge in [0.15, 0.2) is 0 Å². The first-order valence-electron chi connectivity index (χ1n) is 6.96. The Morgan fingerprint density at radius 2 is 2.18 bits per heavy atom. The highest BCUT2D eigenvalue weighted by Gasteiger charge is 2.11. The van der Waals surface area contributed by atoms with E-state index < -0.39 is 5.69 Å². The van der Waals surface area contributed by atoms with Crippen LogP contribution in [0.25, 0.3) is 10.9 Å². The van der Waals surface area contributed by atoms with E-state index in [9.17, 15) is 9.59 Å². The topological polar surface area (TPSA) is 72.7 Å². The third-order valence-corrected chi connectivity index (χ3v) is 4.09. The lowest BCUT2D eigenvalue weighted by molar-refractivity contribution is 0.452. The van der Waals surface area contributed by atoms with Gasteiger partial charge in [-0.3, -0.25) is 9.36 Å². The molecule has 0 bridgehead atoms. The van der Waals surface area contributed by atoms with Crippen molar-refractivity contribution in [3.8, 4) is 0 Å². The Morgan fingerprint density at radius 3 is 2.91 bits per heavy atom. The third-order valence-electron chi connectivity index (χ3n) is 3.77. The number of nitrogens with zero attached hydrogens (tertiary/aromatic N) is 3. The van der Waals surface area contributed by atoms with E-state index in [-0.39, 0.29) is 11.6 Å². The van der Waals surface area contributed by atoms with Crippen LogP contribution in [-0.4, -0.2) is 19.1 Å². The summed E-state index contributed by atoms with van der Waals surface area (Å²) in [6.07, 6.45) is 5.93. The minimum Gasteiger partial charge on any atom is -0.335 e. The Labute approximate surface area is 131 Å². The number of H-pyrrole nitrogens is 1. The molecule has 0 spiro atoms. The van der Waals surface area contributed by atoms with E-state index in [1.807, 2.05) is 17.7 Å². The molecule has 0 saturated carbocycles. The number of rotatable bonds is 4. The maximum atomic E-state index is 12.5. The van der Waals surface area contributed by atoms with Gasteiger partial charge in [0.25, 0.3) is 5.56 Å². The largest absolute Gasteiger partial charge is 0.335 e. The van der Waals surface area contributed by atoms with Crippen molar-refractivity contribution >= 4 is 22.5 Å². The molecule has 0 saturated heterocycles. The molecule has 1 atom stereocenters.